The zero-order valence-corrected chi connectivity index (χ0v) is 12.9. The number of esters is 1. The average Bonchev–Trinajstić information content (AvgIpc) is 2.49. The molecule has 0 aromatic carbocycles. The first kappa shape index (κ1) is 15.4. The molecule has 0 saturated carbocycles. The minimum atomic E-state index is -0.212. The summed E-state index contributed by atoms with van der Waals surface area (Å²) in [5.41, 5.74) is 0. The molecule has 0 bridgehead atoms. The van der Waals surface area contributed by atoms with Crippen LogP contribution in [0, 0.1) is 0 Å². The van der Waals surface area contributed by atoms with Crippen LogP contribution in [0.15, 0.2) is 17.2 Å². The Balaban J connectivity index is 2.01. The van der Waals surface area contributed by atoms with E-state index in [1.54, 1.807) is 6.20 Å². The minimum absolute atomic E-state index is 0.212. The molecule has 1 aromatic rings. The summed E-state index contributed by atoms with van der Waals surface area (Å²) in [5.74, 6) is 1.22. The molecule has 2 rings (SSSR count). The van der Waals surface area contributed by atoms with Crippen LogP contribution in [0.5, 0.6) is 0 Å². The van der Waals surface area contributed by atoms with Crippen LogP contribution in [0.1, 0.15) is 6.42 Å². The zero-order chi connectivity index (χ0) is 14.4. The van der Waals surface area contributed by atoms with Crippen molar-refractivity contribution in [1.82, 2.24) is 4.98 Å². The molecule has 0 N–H and O–H groups in total. The van der Waals surface area contributed by atoms with Gasteiger partial charge in [-0.3, -0.25) is 4.79 Å². The lowest BCUT2D eigenvalue weighted by molar-refractivity contribution is -0.140. The Morgan fingerprint density at radius 3 is 3.00 bits per heavy atom. The fourth-order valence-corrected chi connectivity index (χ4v) is 3.13. The minimum Gasteiger partial charge on any atom is -0.469 e. The highest BCUT2D eigenvalue weighted by Gasteiger charge is 2.17. The first-order valence-corrected chi connectivity index (χ1v) is 7.75. The number of aromatic nitrogens is 1. The topological polar surface area (TPSA) is 51.7 Å². The third kappa shape index (κ3) is 4.01. The standard InChI is InChI=1S/C13H17ClN2O3S/c1-18-11(17)3-9-20-10-2-4-15-13(12(10)14)16-5-7-19-8-6-16/h2,4H,3,5-9H2,1H3. The molecule has 2 heterocycles. The van der Waals surface area contributed by atoms with Crippen LogP contribution in [0.25, 0.3) is 0 Å². The number of anilines is 1. The van der Waals surface area contributed by atoms with Gasteiger partial charge >= 0.3 is 5.97 Å². The van der Waals surface area contributed by atoms with Crippen molar-refractivity contribution in [2.24, 2.45) is 0 Å². The summed E-state index contributed by atoms with van der Waals surface area (Å²) in [5, 5.41) is 0.643. The lowest BCUT2D eigenvalue weighted by Gasteiger charge is -2.28. The molecule has 0 aliphatic carbocycles. The molecule has 0 unspecified atom stereocenters. The van der Waals surface area contributed by atoms with Crippen molar-refractivity contribution in [1.29, 1.82) is 0 Å². The predicted molar refractivity (Wildman–Crippen MR) is 79.6 cm³/mol. The number of morpholine rings is 1. The molecule has 1 fully saturated rings. The number of methoxy groups -OCH3 is 1. The summed E-state index contributed by atoms with van der Waals surface area (Å²) in [6, 6.07) is 1.87. The molecule has 0 atom stereocenters. The van der Waals surface area contributed by atoms with Crippen molar-refractivity contribution in [3.8, 4) is 0 Å². The summed E-state index contributed by atoms with van der Waals surface area (Å²) in [4.78, 5) is 18.5. The second kappa shape index (κ2) is 7.71. The zero-order valence-electron chi connectivity index (χ0n) is 11.3. The normalized spacial score (nSPS) is 15.2. The SMILES string of the molecule is COC(=O)CCSc1ccnc(N2CCOCC2)c1Cl. The molecule has 1 saturated heterocycles. The van der Waals surface area contributed by atoms with E-state index in [1.807, 2.05) is 6.07 Å². The molecule has 1 aliphatic rings. The first-order chi connectivity index (χ1) is 9.72. The van der Waals surface area contributed by atoms with Gasteiger partial charge in [0.25, 0.3) is 0 Å². The number of halogens is 1. The van der Waals surface area contributed by atoms with Crippen molar-refractivity contribution >= 4 is 35.1 Å². The summed E-state index contributed by atoms with van der Waals surface area (Å²) >= 11 is 7.95. The number of thioether (sulfide) groups is 1. The maximum atomic E-state index is 11.1. The van der Waals surface area contributed by atoms with E-state index in [4.69, 9.17) is 16.3 Å². The fourth-order valence-electron chi connectivity index (χ4n) is 1.87. The van der Waals surface area contributed by atoms with Crippen LogP contribution in [-0.2, 0) is 14.3 Å². The van der Waals surface area contributed by atoms with E-state index in [2.05, 4.69) is 14.6 Å². The molecule has 1 aliphatic heterocycles. The maximum Gasteiger partial charge on any atom is 0.306 e. The van der Waals surface area contributed by atoms with E-state index in [9.17, 15) is 4.79 Å². The second-order valence-corrected chi connectivity index (χ2v) is 5.74. The Hall–Kier alpha value is -0.980. The van der Waals surface area contributed by atoms with Gasteiger partial charge in [0.05, 0.1) is 31.8 Å². The number of hydrogen-bond acceptors (Lipinski definition) is 6. The van der Waals surface area contributed by atoms with E-state index in [1.165, 1.54) is 18.9 Å². The van der Waals surface area contributed by atoms with E-state index in [-0.39, 0.29) is 5.97 Å². The lowest BCUT2D eigenvalue weighted by atomic mass is 10.3. The van der Waals surface area contributed by atoms with Gasteiger partial charge in [0.2, 0.25) is 0 Å². The number of pyridine rings is 1. The Morgan fingerprint density at radius 2 is 2.30 bits per heavy atom. The van der Waals surface area contributed by atoms with Crippen molar-refractivity contribution < 1.29 is 14.3 Å². The van der Waals surface area contributed by atoms with Crippen molar-refractivity contribution in [2.45, 2.75) is 11.3 Å². The van der Waals surface area contributed by atoms with Gasteiger partial charge in [-0.25, -0.2) is 4.98 Å². The lowest BCUT2D eigenvalue weighted by Crippen LogP contribution is -2.37. The van der Waals surface area contributed by atoms with Crippen LogP contribution < -0.4 is 4.90 Å². The van der Waals surface area contributed by atoms with Crippen molar-refractivity contribution in [3.63, 3.8) is 0 Å². The van der Waals surface area contributed by atoms with E-state index < -0.39 is 0 Å². The number of hydrogen-bond donors (Lipinski definition) is 0. The molecular weight excluding hydrogens is 300 g/mol. The van der Waals surface area contributed by atoms with Crippen LogP contribution in [-0.4, -0.2) is 50.1 Å². The van der Waals surface area contributed by atoms with Gasteiger partial charge in [0.15, 0.2) is 0 Å². The molecule has 0 amide bonds. The number of nitrogens with zero attached hydrogens (tertiary/aromatic N) is 2. The van der Waals surface area contributed by atoms with Crippen molar-refractivity contribution in [3.05, 3.63) is 17.3 Å². The molecule has 110 valence electrons. The Morgan fingerprint density at radius 1 is 1.55 bits per heavy atom. The Bertz CT molecular complexity index is 467. The molecule has 20 heavy (non-hydrogen) atoms. The highest BCUT2D eigenvalue weighted by atomic mass is 35.5. The summed E-state index contributed by atoms with van der Waals surface area (Å²) in [6.45, 7) is 2.97. The number of ether oxygens (including phenoxy) is 2. The number of carbonyl (C=O) groups is 1. The molecule has 5 nitrogen and oxygen atoms in total. The summed E-state index contributed by atoms with van der Waals surface area (Å²) < 4.78 is 9.94. The predicted octanol–water partition coefficient (Wildman–Crippen LogP) is 2.23. The summed E-state index contributed by atoms with van der Waals surface area (Å²) in [6.07, 6.45) is 2.11. The van der Waals surface area contributed by atoms with Crippen LogP contribution in [0.4, 0.5) is 5.82 Å². The monoisotopic (exact) mass is 316 g/mol. The first-order valence-electron chi connectivity index (χ1n) is 6.39. The van der Waals surface area contributed by atoms with Gasteiger partial charge in [-0.05, 0) is 6.07 Å². The van der Waals surface area contributed by atoms with Crippen LogP contribution in [0.2, 0.25) is 5.02 Å². The van der Waals surface area contributed by atoms with Gasteiger partial charge in [0, 0.05) is 29.9 Å². The van der Waals surface area contributed by atoms with E-state index in [0.29, 0.717) is 30.4 Å². The largest absolute Gasteiger partial charge is 0.469 e. The third-order valence-electron chi connectivity index (χ3n) is 2.94. The van der Waals surface area contributed by atoms with Gasteiger partial charge in [-0.1, -0.05) is 11.6 Å². The smallest absolute Gasteiger partial charge is 0.306 e. The molecule has 7 heteroatoms. The van der Waals surface area contributed by atoms with Crippen LogP contribution >= 0.6 is 23.4 Å². The average molecular weight is 317 g/mol. The van der Waals surface area contributed by atoms with Gasteiger partial charge < -0.3 is 14.4 Å². The maximum absolute atomic E-state index is 11.1. The van der Waals surface area contributed by atoms with Gasteiger partial charge in [-0.15, -0.1) is 11.8 Å². The Labute approximate surface area is 127 Å². The molecule has 0 spiro atoms. The van der Waals surface area contributed by atoms with Gasteiger partial charge in [0.1, 0.15) is 5.82 Å². The highest BCUT2D eigenvalue weighted by molar-refractivity contribution is 7.99. The van der Waals surface area contributed by atoms with Crippen molar-refractivity contribution in [2.75, 3.05) is 44.1 Å². The van der Waals surface area contributed by atoms with E-state index in [0.717, 1.165) is 23.8 Å². The molecular formula is C13H17ClN2O3S. The van der Waals surface area contributed by atoms with Crippen LogP contribution in [0.3, 0.4) is 0 Å². The summed E-state index contributed by atoms with van der Waals surface area (Å²) in [7, 11) is 1.39. The number of carbonyl (C=O) groups excluding carboxylic acids is 1. The van der Waals surface area contributed by atoms with Gasteiger partial charge in [-0.2, -0.15) is 0 Å². The third-order valence-corrected chi connectivity index (χ3v) is 4.48. The fraction of sp³-hybridized carbons (Fsp3) is 0.538. The molecule has 0 radical (unpaired) electrons. The van der Waals surface area contributed by atoms with E-state index >= 15 is 0 Å². The second-order valence-electron chi connectivity index (χ2n) is 4.22. The quantitative estimate of drug-likeness (QED) is 0.613. The molecule has 1 aromatic heterocycles. The Kier molecular flexibility index (Phi) is 5.94. The highest BCUT2D eigenvalue weighted by Crippen LogP contribution is 2.34. The number of rotatable bonds is 5.